The molecular weight excluding hydrogens is 242 g/mol. The van der Waals surface area contributed by atoms with Gasteiger partial charge in [-0.2, -0.15) is 0 Å². The topological polar surface area (TPSA) is 52.7 Å². The normalized spacial score (nSPS) is 19.8. The highest BCUT2D eigenvalue weighted by Crippen LogP contribution is 2.24. The van der Waals surface area contributed by atoms with E-state index in [-0.39, 0.29) is 24.9 Å². The fourth-order valence-electron chi connectivity index (χ4n) is 2.61. The van der Waals surface area contributed by atoms with Crippen LogP contribution in [0.15, 0.2) is 24.3 Å². The van der Waals surface area contributed by atoms with Crippen molar-refractivity contribution in [2.45, 2.75) is 12.8 Å². The number of nitrogens with one attached hydrogen (secondary N) is 1. The molecule has 3 rings (SSSR count). The molecule has 1 N–H and O–H groups in total. The van der Waals surface area contributed by atoms with Gasteiger partial charge in [0.25, 0.3) is 0 Å². The third-order valence-corrected chi connectivity index (χ3v) is 3.67. The number of rotatable bonds is 2. The van der Waals surface area contributed by atoms with Crippen LogP contribution in [0, 0.1) is 0 Å². The smallest absolute Gasteiger partial charge is 0.246 e. The van der Waals surface area contributed by atoms with E-state index in [1.807, 2.05) is 24.3 Å². The minimum atomic E-state index is -0.108. The van der Waals surface area contributed by atoms with Gasteiger partial charge in [-0.3, -0.25) is 9.59 Å². The highest BCUT2D eigenvalue weighted by atomic mass is 16.2. The Labute approximate surface area is 112 Å². The van der Waals surface area contributed by atoms with E-state index in [4.69, 9.17) is 0 Å². The van der Waals surface area contributed by atoms with Crippen molar-refractivity contribution in [1.29, 1.82) is 0 Å². The summed E-state index contributed by atoms with van der Waals surface area (Å²) in [7, 11) is 0. The van der Waals surface area contributed by atoms with Crippen LogP contribution in [0.3, 0.4) is 0 Å². The second-order valence-electron chi connectivity index (χ2n) is 4.97. The first kappa shape index (κ1) is 12.0. The molecule has 1 aromatic carbocycles. The highest BCUT2D eigenvalue weighted by molar-refractivity contribution is 6.04. The lowest BCUT2D eigenvalue weighted by Crippen LogP contribution is -2.51. The van der Waals surface area contributed by atoms with Crippen molar-refractivity contribution in [3.05, 3.63) is 24.3 Å². The van der Waals surface area contributed by atoms with Gasteiger partial charge in [0, 0.05) is 24.5 Å². The lowest BCUT2D eigenvalue weighted by Gasteiger charge is -2.27. The van der Waals surface area contributed by atoms with Crippen LogP contribution in [0.25, 0.3) is 0 Å². The molecule has 100 valence electrons. The molecule has 2 amide bonds. The number of hydrogen-bond donors (Lipinski definition) is 1. The zero-order valence-corrected chi connectivity index (χ0v) is 10.8. The lowest BCUT2D eigenvalue weighted by molar-refractivity contribution is -0.128. The summed E-state index contributed by atoms with van der Waals surface area (Å²) in [5.41, 5.74) is 1.98. The van der Waals surface area contributed by atoms with Crippen molar-refractivity contribution in [1.82, 2.24) is 5.32 Å². The van der Waals surface area contributed by atoms with Gasteiger partial charge >= 0.3 is 0 Å². The van der Waals surface area contributed by atoms with Crippen LogP contribution in [-0.4, -0.2) is 38.0 Å². The van der Waals surface area contributed by atoms with Gasteiger partial charge < -0.3 is 15.1 Å². The predicted octanol–water partition coefficient (Wildman–Crippen LogP) is 0.750. The first-order chi connectivity index (χ1) is 9.24. The summed E-state index contributed by atoms with van der Waals surface area (Å²) in [5.74, 6) is -0.170. The van der Waals surface area contributed by atoms with Crippen molar-refractivity contribution in [2.75, 3.05) is 36.0 Å². The average molecular weight is 259 g/mol. The number of anilines is 2. The summed E-state index contributed by atoms with van der Waals surface area (Å²) >= 11 is 0. The molecule has 19 heavy (non-hydrogen) atoms. The first-order valence-corrected chi connectivity index (χ1v) is 6.66. The fraction of sp³-hybridized carbons (Fsp3) is 0.429. The van der Waals surface area contributed by atoms with E-state index in [2.05, 4.69) is 10.2 Å². The molecule has 0 unspecified atom stereocenters. The minimum absolute atomic E-state index is 0.0616. The van der Waals surface area contributed by atoms with E-state index in [0.29, 0.717) is 0 Å². The van der Waals surface area contributed by atoms with Crippen LogP contribution >= 0.6 is 0 Å². The van der Waals surface area contributed by atoms with Crippen LogP contribution in [-0.2, 0) is 9.59 Å². The Morgan fingerprint density at radius 3 is 2.26 bits per heavy atom. The number of benzene rings is 1. The molecule has 5 heteroatoms. The zero-order chi connectivity index (χ0) is 13.2. The van der Waals surface area contributed by atoms with Gasteiger partial charge in [-0.15, -0.1) is 0 Å². The van der Waals surface area contributed by atoms with Gasteiger partial charge in [-0.05, 0) is 37.1 Å². The molecule has 0 atom stereocenters. The summed E-state index contributed by atoms with van der Waals surface area (Å²) in [6.07, 6.45) is 2.49. The SMILES string of the molecule is O=C1CN(c2ccc(N3CCCC3)cc2)C(=O)CN1. The monoisotopic (exact) mass is 259 g/mol. The Bertz CT molecular complexity index is 492. The minimum Gasteiger partial charge on any atom is -0.372 e. The Morgan fingerprint density at radius 2 is 1.58 bits per heavy atom. The molecule has 2 aliphatic rings. The molecule has 0 radical (unpaired) electrons. The number of carbonyl (C=O) groups is 2. The van der Waals surface area contributed by atoms with Gasteiger partial charge in [-0.1, -0.05) is 0 Å². The lowest BCUT2D eigenvalue weighted by atomic mass is 10.2. The van der Waals surface area contributed by atoms with E-state index in [0.717, 1.165) is 18.8 Å². The Balaban J connectivity index is 1.77. The summed E-state index contributed by atoms with van der Waals surface area (Å²) in [4.78, 5) is 27.0. The van der Waals surface area contributed by atoms with Crippen molar-refractivity contribution < 1.29 is 9.59 Å². The van der Waals surface area contributed by atoms with E-state index in [1.165, 1.54) is 23.4 Å². The van der Waals surface area contributed by atoms with Crippen LogP contribution in [0.2, 0.25) is 0 Å². The van der Waals surface area contributed by atoms with Gasteiger partial charge in [0.15, 0.2) is 0 Å². The molecule has 0 saturated carbocycles. The predicted molar refractivity (Wildman–Crippen MR) is 73.3 cm³/mol. The number of carbonyl (C=O) groups excluding carboxylic acids is 2. The summed E-state index contributed by atoms with van der Waals surface area (Å²) in [6, 6.07) is 7.90. The molecule has 2 aliphatic heterocycles. The molecule has 2 fully saturated rings. The van der Waals surface area contributed by atoms with Crippen LogP contribution in [0.5, 0.6) is 0 Å². The number of piperazine rings is 1. The summed E-state index contributed by atoms with van der Waals surface area (Å²) in [5, 5.41) is 2.55. The maximum absolute atomic E-state index is 11.8. The van der Waals surface area contributed by atoms with Crippen LogP contribution in [0.1, 0.15) is 12.8 Å². The number of nitrogens with zero attached hydrogens (tertiary/aromatic N) is 2. The maximum Gasteiger partial charge on any atom is 0.246 e. The van der Waals surface area contributed by atoms with Crippen molar-refractivity contribution in [3.8, 4) is 0 Å². The molecular formula is C14H17N3O2. The van der Waals surface area contributed by atoms with Gasteiger partial charge in [0.05, 0.1) is 6.54 Å². The van der Waals surface area contributed by atoms with E-state index in [1.54, 1.807) is 0 Å². The fourth-order valence-corrected chi connectivity index (χ4v) is 2.61. The third kappa shape index (κ3) is 2.41. The van der Waals surface area contributed by atoms with E-state index in [9.17, 15) is 9.59 Å². The average Bonchev–Trinajstić information content (AvgIpc) is 2.96. The van der Waals surface area contributed by atoms with Gasteiger partial charge in [0.1, 0.15) is 6.54 Å². The highest BCUT2D eigenvalue weighted by Gasteiger charge is 2.24. The van der Waals surface area contributed by atoms with Gasteiger partial charge in [-0.25, -0.2) is 0 Å². The van der Waals surface area contributed by atoms with Crippen molar-refractivity contribution >= 4 is 23.2 Å². The van der Waals surface area contributed by atoms with Crippen LogP contribution in [0.4, 0.5) is 11.4 Å². The summed E-state index contributed by atoms with van der Waals surface area (Å²) < 4.78 is 0. The number of amides is 2. The maximum atomic E-state index is 11.8. The van der Waals surface area contributed by atoms with Crippen molar-refractivity contribution in [3.63, 3.8) is 0 Å². The Kier molecular flexibility index (Phi) is 3.11. The molecule has 2 saturated heterocycles. The molecule has 0 spiro atoms. The first-order valence-electron chi connectivity index (χ1n) is 6.66. The van der Waals surface area contributed by atoms with E-state index >= 15 is 0 Å². The molecule has 0 aliphatic carbocycles. The van der Waals surface area contributed by atoms with Crippen molar-refractivity contribution in [2.24, 2.45) is 0 Å². The number of hydrogen-bond acceptors (Lipinski definition) is 3. The molecule has 1 aromatic rings. The summed E-state index contributed by atoms with van der Waals surface area (Å²) in [6.45, 7) is 2.41. The second kappa shape index (κ2) is 4.91. The third-order valence-electron chi connectivity index (χ3n) is 3.67. The molecule has 5 nitrogen and oxygen atoms in total. The van der Waals surface area contributed by atoms with Crippen LogP contribution < -0.4 is 15.1 Å². The quantitative estimate of drug-likeness (QED) is 0.852. The standard InChI is InChI=1S/C14H17N3O2/c18-13-10-17(14(19)9-15-13)12-5-3-11(4-6-12)16-7-1-2-8-16/h3-6H,1-2,7-10H2,(H,15,18). The molecule has 0 bridgehead atoms. The molecule has 0 aromatic heterocycles. The second-order valence-corrected chi connectivity index (χ2v) is 4.97. The van der Waals surface area contributed by atoms with Gasteiger partial charge in [0.2, 0.25) is 11.8 Å². The Morgan fingerprint density at radius 1 is 0.947 bits per heavy atom. The zero-order valence-electron chi connectivity index (χ0n) is 10.8. The molecule has 2 heterocycles. The largest absolute Gasteiger partial charge is 0.372 e. The Hall–Kier alpha value is -2.04. The van der Waals surface area contributed by atoms with E-state index < -0.39 is 0 Å².